The van der Waals surface area contributed by atoms with Crippen molar-refractivity contribution in [3.05, 3.63) is 0 Å². The van der Waals surface area contributed by atoms with E-state index in [9.17, 15) is 4.79 Å². The smallest absolute Gasteiger partial charge is 0.323 e. The standard InChI is InChI=1S/C12H21N2O/c15-12-13-8-4-10-14(12)9-3-7-11-5-1-2-6-11/h11H,1-10H2. The summed E-state index contributed by atoms with van der Waals surface area (Å²) in [4.78, 5) is 13.3. The van der Waals surface area contributed by atoms with E-state index in [4.69, 9.17) is 0 Å². The second-order valence-electron chi connectivity index (χ2n) is 4.80. The third kappa shape index (κ3) is 3.11. The molecule has 3 nitrogen and oxygen atoms in total. The summed E-state index contributed by atoms with van der Waals surface area (Å²) in [5.74, 6) is 0.946. The first-order chi connectivity index (χ1) is 7.36. The lowest BCUT2D eigenvalue weighted by Crippen LogP contribution is -2.42. The second-order valence-corrected chi connectivity index (χ2v) is 4.80. The summed E-state index contributed by atoms with van der Waals surface area (Å²) < 4.78 is 0. The number of rotatable bonds is 4. The fourth-order valence-electron chi connectivity index (χ4n) is 2.71. The topological polar surface area (TPSA) is 34.4 Å². The van der Waals surface area contributed by atoms with Gasteiger partial charge in [-0.2, -0.15) is 0 Å². The summed E-state index contributed by atoms with van der Waals surface area (Å²) in [6.07, 6.45) is 9.20. The van der Waals surface area contributed by atoms with Crippen LogP contribution in [0.5, 0.6) is 0 Å². The van der Waals surface area contributed by atoms with E-state index in [1.807, 2.05) is 4.90 Å². The first-order valence-electron chi connectivity index (χ1n) is 6.32. The van der Waals surface area contributed by atoms with Crippen molar-refractivity contribution in [3.63, 3.8) is 0 Å². The molecule has 1 saturated heterocycles. The number of hydrogen-bond donors (Lipinski definition) is 0. The molecule has 0 aromatic rings. The Morgan fingerprint density at radius 3 is 2.80 bits per heavy atom. The van der Waals surface area contributed by atoms with E-state index >= 15 is 0 Å². The zero-order chi connectivity index (χ0) is 10.5. The van der Waals surface area contributed by atoms with Gasteiger partial charge >= 0.3 is 6.03 Å². The third-order valence-corrected chi connectivity index (χ3v) is 3.62. The van der Waals surface area contributed by atoms with Gasteiger partial charge in [0.15, 0.2) is 0 Å². The van der Waals surface area contributed by atoms with Gasteiger partial charge in [0.05, 0.1) is 0 Å². The largest absolute Gasteiger partial charge is 0.338 e. The van der Waals surface area contributed by atoms with Crippen LogP contribution in [0.2, 0.25) is 0 Å². The van der Waals surface area contributed by atoms with E-state index in [1.165, 1.54) is 38.5 Å². The highest BCUT2D eigenvalue weighted by Gasteiger charge is 2.19. The van der Waals surface area contributed by atoms with Crippen molar-refractivity contribution >= 4 is 6.03 Å². The number of hydrogen-bond acceptors (Lipinski definition) is 1. The Bertz CT molecular complexity index is 212. The Labute approximate surface area is 92.2 Å². The van der Waals surface area contributed by atoms with Crippen molar-refractivity contribution in [2.75, 3.05) is 19.6 Å². The van der Waals surface area contributed by atoms with Crippen molar-refractivity contribution in [2.45, 2.75) is 44.9 Å². The van der Waals surface area contributed by atoms with Crippen LogP contribution >= 0.6 is 0 Å². The lowest BCUT2D eigenvalue weighted by molar-refractivity contribution is 0.182. The predicted octanol–water partition coefficient (Wildman–Crippen LogP) is 2.39. The molecular weight excluding hydrogens is 188 g/mol. The Balaban J connectivity index is 1.61. The molecule has 1 heterocycles. The van der Waals surface area contributed by atoms with Crippen LogP contribution < -0.4 is 5.32 Å². The number of nitrogens with zero attached hydrogens (tertiary/aromatic N) is 2. The molecule has 0 unspecified atom stereocenters. The Kier molecular flexibility index (Phi) is 3.87. The zero-order valence-electron chi connectivity index (χ0n) is 9.45. The first kappa shape index (κ1) is 10.8. The van der Waals surface area contributed by atoms with E-state index in [0.717, 1.165) is 32.0 Å². The summed E-state index contributed by atoms with van der Waals surface area (Å²) in [6, 6.07) is 0.0210. The molecule has 1 radical (unpaired) electrons. The Morgan fingerprint density at radius 2 is 2.07 bits per heavy atom. The number of urea groups is 1. The molecule has 1 aliphatic heterocycles. The summed E-state index contributed by atoms with van der Waals surface area (Å²) in [6.45, 7) is 2.59. The van der Waals surface area contributed by atoms with Crippen molar-refractivity contribution in [1.82, 2.24) is 10.2 Å². The van der Waals surface area contributed by atoms with Crippen LogP contribution in [0.1, 0.15) is 44.9 Å². The van der Waals surface area contributed by atoms with E-state index < -0.39 is 0 Å². The van der Waals surface area contributed by atoms with Gasteiger partial charge in [-0.05, 0) is 25.2 Å². The average molecular weight is 209 g/mol. The fourth-order valence-corrected chi connectivity index (χ4v) is 2.71. The fraction of sp³-hybridized carbons (Fsp3) is 0.917. The minimum absolute atomic E-state index is 0.0210. The van der Waals surface area contributed by atoms with Gasteiger partial charge < -0.3 is 4.90 Å². The normalized spacial score (nSPS) is 23.2. The molecule has 2 amide bonds. The molecule has 1 aliphatic carbocycles. The molecule has 0 N–H and O–H groups in total. The maximum absolute atomic E-state index is 11.4. The number of carbonyl (C=O) groups is 1. The molecule has 0 spiro atoms. The van der Waals surface area contributed by atoms with Crippen molar-refractivity contribution in [1.29, 1.82) is 0 Å². The third-order valence-electron chi connectivity index (χ3n) is 3.62. The average Bonchev–Trinajstić information content (AvgIpc) is 2.74. The highest BCUT2D eigenvalue weighted by molar-refractivity contribution is 5.74. The van der Waals surface area contributed by atoms with Crippen molar-refractivity contribution in [2.24, 2.45) is 5.92 Å². The van der Waals surface area contributed by atoms with Crippen LogP contribution in [-0.2, 0) is 0 Å². The van der Waals surface area contributed by atoms with Crippen LogP contribution in [0.15, 0.2) is 0 Å². The molecule has 15 heavy (non-hydrogen) atoms. The SMILES string of the molecule is O=C1[N]CCCN1CCCC1CCCC1. The minimum atomic E-state index is 0.0210. The molecule has 2 rings (SSSR count). The van der Waals surface area contributed by atoms with Crippen molar-refractivity contribution < 1.29 is 4.79 Å². The maximum Gasteiger partial charge on any atom is 0.338 e. The van der Waals surface area contributed by atoms with Gasteiger partial charge in [0.1, 0.15) is 0 Å². The Hall–Kier alpha value is -0.730. The summed E-state index contributed by atoms with van der Waals surface area (Å²) in [7, 11) is 0. The molecule has 0 aromatic heterocycles. The van der Waals surface area contributed by atoms with E-state index in [-0.39, 0.29) is 6.03 Å². The van der Waals surface area contributed by atoms with Gasteiger partial charge in [-0.3, -0.25) is 0 Å². The molecule has 0 bridgehead atoms. The van der Waals surface area contributed by atoms with Gasteiger partial charge in [-0.15, -0.1) is 0 Å². The first-order valence-corrected chi connectivity index (χ1v) is 6.32. The maximum atomic E-state index is 11.4. The highest BCUT2D eigenvalue weighted by atomic mass is 16.2. The molecule has 1 saturated carbocycles. The van der Waals surface area contributed by atoms with Crippen molar-refractivity contribution in [3.8, 4) is 0 Å². The van der Waals surface area contributed by atoms with Crippen LogP contribution in [0, 0.1) is 5.92 Å². The van der Waals surface area contributed by atoms with Crippen LogP contribution in [0.25, 0.3) is 0 Å². The van der Waals surface area contributed by atoms with Crippen LogP contribution in [0.3, 0.4) is 0 Å². The summed E-state index contributed by atoms with van der Waals surface area (Å²) in [5.41, 5.74) is 0. The summed E-state index contributed by atoms with van der Waals surface area (Å²) in [5, 5.41) is 3.95. The molecular formula is C12H21N2O. The van der Waals surface area contributed by atoms with E-state index in [2.05, 4.69) is 5.32 Å². The van der Waals surface area contributed by atoms with Gasteiger partial charge in [-0.1, -0.05) is 25.7 Å². The van der Waals surface area contributed by atoms with E-state index in [0.29, 0.717) is 0 Å². The molecule has 2 fully saturated rings. The molecule has 0 atom stereocenters. The van der Waals surface area contributed by atoms with Gasteiger partial charge in [0, 0.05) is 19.6 Å². The molecule has 2 aliphatic rings. The Morgan fingerprint density at radius 1 is 1.27 bits per heavy atom. The lowest BCUT2D eigenvalue weighted by Gasteiger charge is -2.26. The molecule has 85 valence electrons. The van der Waals surface area contributed by atoms with Crippen LogP contribution in [-0.4, -0.2) is 30.6 Å². The predicted molar refractivity (Wildman–Crippen MR) is 59.8 cm³/mol. The molecule has 0 aromatic carbocycles. The lowest BCUT2D eigenvalue weighted by atomic mass is 10.0. The second kappa shape index (κ2) is 5.38. The van der Waals surface area contributed by atoms with Gasteiger partial charge in [0.25, 0.3) is 0 Å². The quantitative estimate of drug-likeness (QED) is 0.700. The summed E-state index contributed by atoms with van der Waals surface area (Å²) >= 11 is 0. The minimum Gasteiger partial charge on any atom is -0.323 e. The van der Waals surface area contributed by atoms with Gasteiger partial charge in [-0.25, -0.2) is 10.1 Å². The molecule has 3 heteroatoms. The zero-order valence-corrected chi connectivity index (χ0v) is 9.45. The number of carbonyl (C=O) groups excluding carboxylic acids is 1. The van der Waals surface area contributed by atoms with Crippen LogP contribution in [0.4, 0.5) is 4.79 Å². The highest BCUT2D eigenvalue weighted by Crippen LogP contribution is 2.28. The number of amides is 2. The van der Waals surface area contributed by atoms with Gasteiger partial charge in [0.2, 0.25) is 0 Å². The monoisotopic (exact) mass is 209 g/mol. The van der Waals surface area contributed by atoms with E-state index in [1.54, 1.807) is 0 Å².